The number of carbonyl (C=O) groups is 3. The van der Waals surface area contributed by atoms with Crippen molar-refractivity contribution in [2.24, 2.45) is 11.8 Å². The Labute approximate surface area is 80.7 Å². The molecule has 0 spiro atoms. The minimum atomic E-state index is -0.987. The molecule has 14 heavy (non-hydrogen) atoms. The third kappa shape index (κ3) is 1.20. The molecule has 0 aromatic heterocycles. The summed E-state index contributed by atoms with van der Waals surface area (Å²) in [4.78, 5) is 34.5. The molecule has 3 unspecified atom stereocenters. The summed E-state index contributed by atoms with van der Waals surface area (Å²) in [6.07, 6.45) is 0.491. The first-order chi connectivity index (χ1) is 6.52. The van der Waals surface area contributed by atoms with Crippen molar-refractivity contribution in [3.8, 4) is 0 Å². The van der Waals surface area contributed by atoms with Crippen LogP contribution >= 0.6 is 0 Å². The Morgan fingerprint density at radius 2 is 2.00 bits per heavy atom. The predicted molar refractivity (Wildman–Crippen MR) is 45.2 cm³/mol. The maximum Gasteiger partial charge on any atom is 0.305 e. The maximum atomic E-state index is 11.5. The number of amides is 2. The molecule has 2 fully saturated rings. The van der Waals surface area contributed by atoms with E-state index < -0.39 is 12.0 Å². The van der Waals surface area contributed by atoms with Crippen molar-refractivity contribution in [2.45, 2.75) is 25.8 Å². The van der Waals surface area contributed by atoms with Crippen molar-refractivity contribution < 1.29 is 19.5 Å². The Morgan fingerprint density at radius 3 is 2.43 bits per heavy atom. The molecular weight excluding hydrogens is 186 g/mol. The highest BCUT2D eigenvalue weighted by atomic mass is 16.4. The summed E-state index contributed by atoms with van der Waals surface area (Å²) in [5, 5.41) is 8.54. The molecule has 0 aromatic rings. The van der Waals surface area contributed by atoms with Gasteiger partial charge in [-0.05, 0) is 13.3 Å². The number of imide groups is 1. The number of carboxylic acids is 1. The van der Waals surface area contributed by atoms with Crippen LogP contribution in [0.15, 0.2) is 0 Å². The van der Waals surface area contributed by atoms with Gasteiger partial charge >= 0.3 is 5.97 Å². The van der Waals surface area contributed by atoms with Gasteiger partial charge in [0.25, 0.3) is 0 Å². The summed E-state index contributed by atoms with van der Waals surface area (Å²) in [7, 11) is 0. The van der Waals surface area contributed by atoms with E-state index in [0.29, 0.717) is 6.42 Å². The number of aliphatic carboxylic acids is 1. The van der Waals surface area contributed by atoms with Crippen molar-refractivity contribution >= 4 is 17.8 Å². The molecule has 2 amide bonds. The summed E-state index contributed by atoms with van der Waals surface area (Å²) in [6, 6.07) is -0.514. The van der Waals surface area contributed by atoms with E-state index >= 15 is 0 Å². The lowest BCUT2D eigenvalue weighted by Crippen LogP contribution is -2.41. The third-order valence-electron chi connectivity index (χ3n) is 2.81. The van der Waals surface area contributed by atoms with Gasteiger partial charge in [0.1, 0.15) is 0 Å². The molecule has 1 aliphatic carbocycles. The van der Waals surface area contributed by atoms with Crippen LogP contribution in [0.4, 0.5) is 0 Å². The fraction of sp³-hybridized carbons (Fsp3) is 0.667. The highest BCUT2D eigenvalue weighted by Gasteiger charge is 2.59. The fourth-order valence-corrected chi connectivity index (χ4v) is 1.99. The Bertz CT molecular complexity index is 305. The van der Waals surface area contributed by atoms with E-state index in [-0.39, 0.29) is 30.1 Å². The van der Waals surface area contributed by atoms with Crippen LogP contribution in [0.5, 0.6) is 0 Å². The summed E-state index contributed by atoms with van der Waals surface area (Å²) in [5.74, 6) is -1.64. The predicted octanol–water partition coefficient (Wildman–Crippen LogP) is -0.145. The van der Waals surface area contributed by atoms with Gasteiger partial charge in [-0.2, -0.15) is 0 Å². The number of piperidine rings is 1. The van der Waals surface area contributed by atoms with Crippen molar-refractivity contribution in [3.63, 3.8) is 0 Å². The van der Waals surface area contributed by atoms with Crippen LogP contribution in [0.1, 0.15) is 19.8 Å². The summed E-state index contributed by atoms with van der Waals surface area (Å²) < 4.78 is 0. The molecule has 2 aliphatic rings. The molecule has 2 rings (SSSR count). The van der Waals surface area contributed by atoms with Crippen LogP contribution in [0.3, 0.4) is 0 Å². The number of nitrogens with zero attached hydrogens (tertiary/aromatic N) is 1. The van der Waals surface area contributed by atoms with Gasteiger partial charge in [-0.3, -0.25) is 19.3 Å². The number of rotatable bonds is 3. The first kappa shape index (κ1) is 9.18. The largest absolute Gasteiger partial charge is 0.481 e. The quantitative estimate of drug-likeness (QED) is 0.639. The van der Waals surface area contributed by atoms with E-state index in [2.05, 4.69) is 0 Å². The van der Waals surface area contributed by atoms with Gasteiger partial charge in [-0.15, -0.1) is 0 Å². The van der Waals surface area contributed by atoms with Gasteiger partial charge in [0.2, 0.25) is 11.8 Å². The van der Waals surface area contributed by atoms with E-state index in [0.717, 1.165) is 4.90 Å². The third-order valence-corrected chi connectivity index (χ3v) is 2.81. The summed E-state index contributed by atoms with van der Waals surface area (Å²) >= 11 is 0. The molecule has 0 radical (unpaired) electrons. The first-order valence-electron chi connectivity index (χ1n) is 4.61. The maximum absolute atomic E-state index is 11.5. The van der Waals surface area contributed by atoms with Crippen LogP contribution in [0.25, 0.3) is 0 Å². The van der Waals surface area contributed by atoms with Crippen molar-refractivity contribution in [3.05, 3.63) is 0 Å². The standard InChI is InChI=1S/C9H11NO4/c1-4(2-7(11)12)10-8(13)5-3-6(5)9(10)14/h4-6H,2-3H2,1H3,(H,11,12). The molecule has 1 aliphatic heterocycles. The molecule has 1 N–H and O–H groups in total. The molecule has 0 aromatic carbocycles. The van der Waals surface area contributed by atoms with E-state index in [1.165, 1.54) is 0 Å². The second-order valence-corrected chi connectivity index (χ2v) is 3.94. The highest BCUT2D eigenvalue weighted by Crippen LogP contribution is 2.47. The Hall–Kier alpha value is -1.39. The number of likely N-dealkylation sites (tertiary alicyclic amines) is 1. The number of carbonyl (C=O) groups excluding carboxylic acids is 2. The Morgan fingerprint density at radius 1 is 1.50 bits per heavy atom. The van der Waals surface area contributed by atoms with Crippen molar-refractivity contribution in [2.75, 3.05) is 0 Å². The molecule has 1 saturated heterocycles. The van der Waals surface area contributed by atoms with Crippen molar-refractivity contribution in [1.82, 2.24) is 4.90 Å². The topological polar surface area (TPSA) is 74.7 Å². The summed E-state index contributed by atoms with van der Waals surface area (Å²) in [5.41, 5.74) is 0. The van der Waals surface area contributed by atoms with E-state index in [1.54, 1.807) is 6.92 Å². The van der Waals surface area contributed by atoms with E-state index in [1.807, 2.05) is 0 Å². The van der Waals surface area contributed by atoms with Gasteiger partial charge < -0.3 is 5.11 Å². The first-order valence-corrected chi connectivity index (χ1v) is 4.61. The second kappa shape index (κ2) is 2.80. The van der Waals surface area contributed by atoms with Gasteiger partial charge in [0, 0.05) is 6.04 Å². The lowest BCUT2D eigenvalue weighted by atomic mass is 10.2. The Balaban J connectivity index is 2.07. The smallest absolute Gasteiger partial charge is 0.305 e. The monoisotopic (exact) mass is 197 g/mol. The zero-order valence-electron chi connectivity index (χ0n) is 7.77. The summed E-state index contributed by atoms with van der Waals surface area (Å²) in [6.45, 7) is 1.59. The van der Waals surface area contributed by atoms with Crippen LogP contribution < -0.4 is 0 Å². The molecular formula is C9H11NO4. The van der Waals surface area contributed by atoms with Gasteiger partial charge in [0.15, 0.2) is 0 Å². The minimum absolute atomic E-state index is 0.140. The normalized spacial score (nSPS) is 31.6. The zero-order valence-corrected chi connectivity index (χ0v) is 7.77. The average molecular weight is 197 g/mol. The molecule has 1 saturated carbocycles. The molecule has 0 bridgehead atoms. The van der Waals surface area contributed by atoms with Gasteiger partial charge in [0.05, 0.1) is 18.3 Å². The molecule has 5 nitrogen and oxygen atoms in total. The number of hydrogen-bond acceptors (Lipinski definition) is 3. The number of fused-ring (bicyclic) bond motifs is 1. The lowest BCUT2D eigenvalue weighted by molar-refractivity contribution is -0.146. The average Bonchev–Trinajstić information content (AvgIpc) is 2.76. The molecule has 76 valence electrons. The van der Waals surface area contributed by atoms with Crippen LogP contribution in [0, 0.1) is 11.8 Å². The molecule has 1 heterocycles. The van der Waals surface area contributed by atoms with Crippen LogP contribution in [0.2, 0.25) is 0 Å². The van der Waals surface area contributed by atoms with Crippen LogP contribution in [-0.4, -0.2) is 33.8 Å². The SMILES string of the molecule is CC(CC(=O)O)N1C(=O)C2CC2C1=O. The number of carboxylic acid groups (broad SMARTS) is 1. The van der Waals surface area contributed by atoms with Gasteiger partial charge in [-0.25, -0.2) is 0 Å². The van der Waals surface area contributed by atoms with Crippen molar-refractivity contribution in [1.29, 1.82) is 0 Å². The molecule has 3 atom stereocenters. The van der Waals surface area contributed by atoms with E-state index in [4.69, 9.17) is 5.11 Å². The molecule has 5 heteroatoms. The fourth-order valence-electron chi connectivity index (χ4n) is 1.99. The second-order valence-electron chi connectivity index (χ2n) is 3.94. The minimum Gasteiger partial charge on any atom is -0.481 e. The Kier molecular flexibility index (Phi) is 1.83. The zero-order chi connectivity index (χ0) is 10.5. The number of hydrogen-bond donors (Lipinski definition) is 1. The van der Waals surface area contributed by atoms with Crippen LogP contribution in [-0.2, 0) is 14.4 Å². The lowest BCUT2D eigenvalue weighted by Gasteiger charge is -2.22. The highest BCUT2D eigenvalue weighted by molar-refractivity contribution is 6.09. The van der Waals surface area contributed by atoms with Gasteiger partial charge in [-0.1, -0.05) is 0 Å². The van der Waals surface area contributed by atoms with E-state index in [9.17, 15) is 14.4 Å².